The molecular formula is C11H23NOS. The van der Waals surface area contributed by atoms with E-state index in [9.17, 15) is 4.21 Å². The van der Waals surface area contributed by atoms with Crippen molar-refractivity contribution >= 4 is 10.8 Å². The van der Waals surface area contributed by atoms with Crippen molar-refractivity contribution in [1.82, 2.24) is 5.32 Å². The van der Waals surface area contributed by atoms with E-state index in [1.807, 2.05) is 6.92 Å². The average molecular weight is 217 g/mol. The van der Waals surface area contributed by atoms with Crippen LogP contribution in [-0.2, 0) is 10.8 Å². The van der Waals surface area contributed by atoms with Crippen LogP contribution in [0.5, 0.6) is 0 Å². The first-order valence-corrected chi connectivity index (χ1v) is 7.11. The molecule has 0 aliphatic heterocycles. The molecule has 3 atom stereocenters. The van der Waals surface area contributed by atoms with E-state index >= 15 is 0 Å². The zero-order chi connectivity index (χ0) is 10.8. The fourth-order valence-electron chi connectivity index (χ4n) is 2.13. The van der Waals surface area contributed by atoms with Gasteiger partial charge in [0.05, 0.1) is 0 Å². The van der Waals surface area contributed by atoms with Crippen molar-refractivity contribution < 1.29 is 4.21 Å². The van der Waals surface area contributed by atoms with Gasteiger partial charge in [-0.05, 0) is 25.2 Å². The molecule has 0 heterocycles. The topological polar surface area (TPSA) is 29.1 Å². The van der Waals surface area contributed by atoms with Crippen LogP contribution in [0.25, 0.3) is 0 Å². The third kappa shape index (κ3) is 3.06. The van der Waals surface area contributed by atoms with Crippen molar-refractivity contribution in [2.75, 3.05) is 12.8 Å². The maximum Gasteiger partial charge on any atom is 0.0441 e. The summed E-state index contributed by atoms with van der Waals surface area (Å²) in [6, 6.07) is 0.619. The van der Waals surface area contributed by atoms with Crippen molar-refractivity contribution in [3.05, 3.63) is 0 Å². The quantitative estimate of drug-likeness (QED) is 0.779. The predicted octanol–water partition coefficient (Wildman–Crippen LogP) is 1.92. The fraction of sp³-hybridized carbons (Fsp3) is 1.00. The largest absolute Gasteiger partial charge is 0.312 e. The van der Waals surface area contributed by atoms with Crippen molar-refractivity contribution in [3.8, 4) is 0 Å². The third-order valence-electron chi connectivity index (χ3n) is 3.48. The Morgan fingerprint density at radius 2 is 2.21 bits per heavy atom. The van der Waals surface area contributed by atoms with E-state index < -0.39 is 10.8 Å². The van der Waals surface area contributed by atoms with Crippen LogP contribution in [0.2, 0.25) is 0 Å². The highest BCUT2D eigenvalue weighted by Gasteiger charge is 2.34. The Morgan fingerprint density at radius 3 is 2.64 bits per heavy atom. The highest BCUT2D eigenvalue weighted by atomic mass is 32.2. The van der Waals surface area contributed by atoms with Gasteiger partial charge in [-0.15, -0.1) is 0 Å². The molecule has 0 radical (unpaired) electrons. The molecule has 1 aliphatic carbocycles. The van der Waals surface area contributed by atoms with E-state index in [-0.39, 0.29) is 5.25 Å². The van der Waals surface area contributed by atoms with Crippen LogP contribution in [0, 0.1) is 5.41 Å². The van der Waals surface area contributed by atoms with Crippen LogP contribution in [0.4, 0.5) is 0 Å². The van der Waals surface area contributed by atoms with Gasteiger partial charge in [0.15, 0.2) is 0 Å². The zero-order valence-electron chi connectivity index (χ0n) is 9.80. The lowest BCUT2D eigenvalue weighted by Gasteiger charge is -2.28. The van der Waals surface area contributed by atoms with Gasteiger partial charge in [0.25, 0.3) is 0 Å². The third-order valence-corrected chi connectivity index (χ3v) is 4.78. The highest BCUT2D eigenvalue weighted by Crippen LogP contribution is 2.37. The minimum atomic E-state index is -0.698. The fourth-order valence-corrected chi connectivity index (χ4v) is 2.46. The molecule has 14 heavy (non-hydrogen) atoms. The van der Waals surface area contributed by atoms with E-state index in [1.54, 1.807) is 6.26 Å². The van der Waals surface area contributed by atoms with Gasteiger partial charge in [-0.25, -0.2) is 0 Å². The summed E-state index contributed by atoms with van der Waals surface area (Å²) in [5.74, 6) is 0. The Hall–Kier alpha value is 0.110. The van der Waals surface area contributed by atoms with E-state index in [1.165, 1.54) is 19.3 Å². The molecule has 0 aromatic heterocycles. The van der Waals surface area contributed by atoms with Gasteiger partial charge in [0.1, 0.15) is 0 Å². The molecule has 84 valence electrons. The minimum Gasteiger partial charge on any atom is -0.312 e. The first-order valence-electron chi connectivity index (χ1n) is 5.49. The summed E-state index contributed by atoms with van der Waals surface area (Å²) in [6.45, 7) is 7.58. The lowest BCUT2D eigenvalue weighted by Crippen LogP contribution is -2.41. The molecule has 0 unspecified atom stereocenters. The molecule has 1 fully saturated rings. The Balaban J connectivity index is 2.34. The predicted molar refractivity (Wildman–Crippen MR) is 63.0 cm³/mol. The van der Waals surface area contributed by atoms with Gasteiger partial charge in [0, 0.05) is 34.9 Å². The maximum absolute atomic E-state index is 11.2. The second kappa shape index (κ2) is 4.75. The van der Waals surface area contributed by atoms with Gasteiger partial charge in [-0.1, -0.05) is 20.3 Å². The van der Waals surface area contributed by atoms with Gasteiger partial charge in [0.2, 0.25) is 0 Å². The van der Waals surface area contributed by atoms with E-state index in [0.29, 0.717) is 11.5 Å². The number of nitrogens with one attached hydrogen (secondary N) is 1. The smallest absolute Gasteiger partial charge is 0.0441 e. The van der Waals surface area contributed by atoms with Crippen molar-refractivity contribution in [2.24, 2.45) is 5.41 Å². The van der Waals surface area contributed by atoms with Gasteiger partial charge >= 0.3 is 0 Å². The number of hydrogen-bond acceptors (Lipinski definition) is 2. The SMILES string of the molecule is C[C@H](CN[C@H]1CCCC1(C)C)[S@](C)=O. The molecular weight excluding hydrogens is 194 g/mol. The maximum atomic E-state index is 11.2. The average Bonchev–Trinajstić information content (AvgIpc) is 2.40. The van der Waals surface area contributed by atoms with Crippen LogP contribution >= 0.6 is 0 Å². The summed E-state index contributed by atoms with van der Waals surface area (Å²) in [5.41, 5.74) is 0.426. The van der Waals surface area contributed by atoms with E-state index in [4.69, 9.17) is 0 Å². The van der Waals surface area contributed by atoms with Crippen LogP contribution in [0.15, 0.2) is 0 Å². The standard InChI is InChI=1S/C11H23NOS/c1-9(14(4)13)8-12-10-6-5-7-11(10,2)3/h9-10,12H,5-8H2,1-4H3/t9-,10+,14+/m1/s1. The second-order valence-electron chi connectivity index (χ2n) is 5.15. The van der Waals surface area contributed by atoms with Crippen LogP contribution < -0.4 is 5.32 Å². The molecule has 0 spiro atoms. The summed E-state index contributed by atoms with van der Waals surface area (Å²) < 4.78 is 11.2. The van der Waals surface area contributed by atoms with Crippen molar-refractivity contribution in [1.29, 1.82) is 0 Å². The lowest BCUT2D eigenvalue weighted by atomic mass is 9.87. The first kappa shape index (κ1) is 12.2. The molecule has 0 aromatic rings. The molecule has 0 aromatic carbocycles. The van der Waals surface area contributed by atoms with Crippen LogP contribution in [-0.4, -0.2) is 28.3 Å². The summed E-state index contributed by atoms with van der Waals surface area (Å²) in [6.07, 6.45) is 5.70. The molecule has 3 heteroatoms. The molecule has 1 saturated carbocycles. The monoisotopic (exact) mass is 217 g/mol. The van der Waals surface area contributed by atoms with Gasteiger partial charge < -0.3 is 5.32 Å². The molecule has 1 rings (SSSR count). The zero-order valence-corrected chi connectivity index (χ0v) is 10.6. The van der Waals surface area contributed by atoms with Gasteiger partial charge in [-0.2, -0.15) is 0 Å². The molecule has 0 amide bonds. The Bertz CT molecular complexity index is 215. The van der Waals surface area contributed by atoms with E-state index in [2.05, 4.69) is 19.2 Å². The van der Waals surface area contributed by atoms with Crippen molar-refractivity contribution in [3.63, 3.8) is 0 Å². The highest BCUT2D eigenvalue weighted by molar-refractivity contribution is 7.84. The van der Waals surface area contributed by atoms with Crippen LogP contribution in [0.1, 0.15) is 40.0 Å². The molecule has 0 bridgehead atoms. The molecule has 1 aliphatic rings. The Labute approximate surface area is 90.3 Å². The van der Waals surface area contributed by atoms with Crippen molar-refractivity contribution in [2.45, 2.75) is 51.3 Å². The summed E-state index contributed by atoms with van der Waals surface area (Å²) >= 11 is 0. The van der Waals surface area contributed by atoms with E-state index in [0.717, 1.165) is 6.54 Å². The Kier molecular flexibility index (Phi) is 4.14. The summed E-state index contributed by atoms with van der Waals surface area (Å²) in [4.78, 5) is 0. The first-order chi connectivity index (χ1) is 6.43. The Morgan fingerprint density at radius 1 is 1.57 bits per heavy atom. The molecule has 0 saturated heterocycles. The number of hydrogen-bond donors (Lipinski definition) is 1. The lowest BCUT2D eigenvalue weighted by molar-refractivity contribution is 0.285. The van der Waals surface area contributed by atoms with Gasteiger partial charge in [-0.3, -0.25) is 4.21 Å². The molecule has 1 N–H and O–H groups in total. The second-order valence-corrected chi connectivity index (χ2v) is 6.95. The molecule has 2 nitrogen and oxygen atoms in total. The van der Waals surface area contributed by atoms with Crippen LogP contribution in [0.3, 0.4) is 0 Å². The summed E-state index contributed by atoms with van der Waals surface area (Å²) in [7, 11) is -0.698. The number of rotatable bonds is 4. The normalized spacial score (nSPS) is 30.1. The minimum absolute atomic E-state index is 0.270. The summed E-state index contributed by atoms with van der Waals surface area (Å²) in [5, 5.41) is 3.83.